The number of nitrogens with one attached hydrogen (secondary N) is 1. The third-order valence-electron chi connectivity index (χ3n) is 3.67. The molecule has 1 aliphatic rings. The maximum atomic E-state index is 5.83. The van der Waals surface area contributed by atoms with Crippen LogP contribution in [0.2, 0.25) is 0 Å². The molecule has 1 atom stereocenters. The van der Waals surface area contributed by atoms with Crippen molar-refractivity contribution in [3.63, 3.8) is 0 Å². The van der Waals surface area contributed by atoms with Crippen LogP contribution in [0.3, 0.4) is 0 Å². The summed E-state index contributed by atoms with van der Waals surface area (Å²) in [6.45, 7) is 1.76. The lowest BCUT2D eigenvalue weighted by Crippen LogP contribution is -2.36. The van der Waals surface area contributed by atoms with Gasteiger partial charge in [-0.05, 0) is 30.7 Å². The highest BCUT2D eigenvalue weighted by Gasteiger charge is 2.20. The first-order chi connectivity index (χ1) is 9.29. The number of ether oxygens (including phenoxy) is 1. The van der Waals surface area contributed by atoms with Crippen molar-refractivity contribution in [3.8, 4) is 0 Å². The van der Waals surface area contributed by atoms with Crippen LogP contribution in [0.25, 0.3) is 0 Å². The van der Waals surface area contributed by atoms with Gasteiger partial charge >= 0.3 is 0 Å². The zero-order valence-corrected chi connectivity index (χ0v) is 11.5. The Labute approximate surface area is 115 Å². The second kappa shape index (κ2) is 7.14. The van der Waals surface area contributed by atoms with Gasteiger partial charge in [-0.15, -0.1) is 0 Å². The fraction of sp³-hybridized carbons (Fsp3) is 0.533. The van der Waals surface area contributed by atoms with E-state index in [-0.39, 0.29) is 6.04 Å². The van der Waals surface area contributed by atoms with Gasteiger partial charge in [0.05, 0.1) is 6.04 Å². The number of guanidine groups is 1. The van der Waals surface area contributed by atoms with Gasteiger partial charge in [-0.25, -0.2) is 0 Å². The van der Waals surface area contributed by atoms with Crippen molar-refractivity contribution in [2.24, 2.45) is 16.6 Å². The van der Waals surface area contributed by atoms with Gasteiger partial charge in [0.1, 0.15) is 0 Å². The molecule has 104 valence electrons. The van der Waals surface area contributed by atoms with Crippen molar-refractivity contribution < 1.29 is 4.74 Å². The summed E-state index contributed by atoms with van der Waals surface area (Å²) < 4.78 is 5.42. The fourth-order valence-corrected chi connectivity index (χ4v) is 2.52. The van der Waals surface area contributed by atoms with E-state index in [1.165, 1.54) is 5.56 Å². The third-order valence-corrected chi connectivity index (χ3v) is 3.67. The molecule has 0 aliphatic carbocycles. The summed E-state index contributed by atoms with van der Waals surface area (Å²) in [5.74, 6) is 1.19. The van der Waals surface area contributed by atoms with Crippen LogP contribution in [-0.4, -0.2) is 26.2 Å². The Morgan fingerprint density at radius 2 is 2.05 bits per heavy atom. The summed E-state index contributed by atoms with van der Waals surface area (Å²) in [6, 6.07) is 10.7. The van der Waals surface area contributed by atoms with Crippen LogP contribution in [0.4, 0.5) is 0 Å². The van der Waals surface area contributed by atoms with E-state index in [0.717, 1.165) is 32.5 Å². The zero-order chi connectivity index (χ0) is 13.5. The van der Waals surface area contributed by atoms with Gasteiger partial charge in [0.2, 0.25) is 0 Å². The van der Waals surface area contributed by atoms with Crippen LogP contribution >= 0.6 is 0 Å². The zero-order valence-electron chi connectivity index (χ0n) is 11.5. The lowest BCUT2D eigenvalue weighted by Gasteiger charge is -2.27. The first-order valence-electron chi connectivity index (χ1n) is 6.91. The number of aliphatic imine (C=N–C) groups is 1. The van der Waals surface area contributed by atoms with Crippen LogP contribution in [-0.2, 0) is 4.74 Å². The van der Waals surface area contributed by atoms with Crippen LogP contribution in [0.15, 0.2) is 35.3 Å². The largest absolute Gasteiger partial charge is 0.381 e. The number of hydrogen-bond donors (Lipinski definition) is 2. The molecule has 1 aromatic carbocycles. The van der Waals surface area contributed by atoms with Crippen molar-refractivity contribution in [2.45, 2.75) is 25.3 Å². The molecule has 2 rings (SSSR count). The van der Waals surface area contributed by atoms with Crippen molar-refractivity contribution in [1.29, 1.82) is 0 Å². The van der Waals surface area contributed by atoms with Gasteiger partial charge in [-0.2, -0.15) is 0 Å². The van der Waals surface area contributed by atoms with E-state index in [2.05, 4.69) is 34.6 Å². The van der Waals surface area contributed by atoms with Crippen LogP contribution in [0, 0.1) is 5.92 Å². The van der Waals surface area contributed by atoms with Gasteiger partial charge in [-0.1, -0.05) is 30.3 Å². The minimum absolute atomic E-state index is 0.230. The van der Waals surface area contributed by atoms with E-state index in [9.17, 15) is 0 Å². The summed E-state index contributed by atoms with van der Waals surface area (Å²) in [6.07, 6.45) is 3.34. The lowest BCUT2D eigenvalue weighted by atomic mass is 9.89. The van der Waals surface area contributed by atoms with E-state index in [4.69, 9.17) is 10.5 Å². The fourth-order valence-electron chi connectivity index (χ4n) is 2.52. The number of hydrogen-bond acceptors (Lipinski definition) is 2. The molecule has 1 unspecified atom stereocenters. The number of benzene rings is 1. The SMILES string of the molecule is CN=C(N)NC(CC1CCOCC1)c1ccccc1. The first kappa shape index (κ1) is 13.9. The number of nitrogens with zero attached hydrogens (tertiary/aromatic N) is 1. The molecular formula is C15H23N3O. The van der Waals surface area contributed by atoms with Gasteiger partial charge < -0.3 is 15.8 Å². The predicted molar refractivity (Wildman–Crippen MR) is 78.0 cm³/mol. The maximum Gasteiger partial charge on any atom is 0.188 e. The molecule has 4 nitrogen and oxygen atoms in total. The molecule has 0 spiro atoms. The maximum absolute atomic E-state index is 5.83. The Morgan fingerprint density at radius 3 is 2.68 bits per heavy atom. The van der Waals surface area contributed by atoms with E-state index in [1.54, 1.807) is 7.05 Å². The van der Waals surface area contributed by atoms with Crippen LogP contribution in [0.1, 0.15) is 30.9 Å². The molecule has 4 heteroatoms. The Balaban J connectivity index is 2.05. The summed E-state index contributed by atoms with van der Waals surface area (Å²) in [5, 5.41) is 3.32. The average Bonchev–Trinajstić information content (AvgIpc) is 2.48. The van der Waals surface area contributed by atoms with Crippen molar-refractivity contribution in [3.05, 3.63) is 35.9 Å². The molecule has 3 N–H and O–H groups in total. The monoisotopic (exact) mass is 261 g/mol. The summed E-state index contributed by atoms with van der Waals surface area (Å²) in [7, 11) is 1.71. The smallest absolute Gasteiger partial charge is 0.188 e. The molecule has 1 aliphatic heterocycles. The van der Waals surface area contributed by atoms with Crippen molar-refractivity contribution in [2.75, 3.05) is 20.3 Å². The average molecular weight is 261 g/mol. The molecule has 0 aromatic heterocycles. The summed E-state index contributed by atoms with van der Waals surface area (Å²) in [4.78, 5) is 4.01. The molecule has 19 heavy (non-hydrogen) atoms. The summed E-state index contributed by atoms with van der Waals surface area (Å²) in [5.41, 5.74) is 7.09. The number of nitrogens with two attached hydrogens (primary N) is 1. The lowest BCUT2D eigenvalue weighted by molar-refractivity contribution is 0.0612. The van der Waals surface area contributed by atoms with Gasteiger partial charge in [-0.3, -0.25) is 4.99 Å². The quantitative estimate of drug-likeness (QED) is 0.644. The molecule has 0 amide bonds. The highest BCUT2D eigenvalue weighted by Crippen LogP contribution is 2.27. The van der Waals surface area contributed by atoms with Crippen molar-refractivity contribution >= 4 is 5.96 Å². The van der Waals surface area contributed by atoms with Crippen LogP contribution < -0.4 is 11.1 Å². The predicted octanol–water partition coefficient (Wildman–Crippen LogP) is 2.08. The molecule has 1 heterocycles. The minimum atomic E-state index is 0.230. The van der Waals surface area contributed by atoms with Crippen molar-refractivity contribution in [1.82, 2.24) is 5.32 Å². The second-order valence-corrected chi connectivity index (χ2v) is 5.01. The standard InChI is InChI=1S/C15H23N3O/c1-17-15(16)18-14(13-5-3-2-4-6-13)11-12-7-9-19-10-8-12/h2-6,12,14H,7-11H2,1H3,(H3,16,17,18). The Hall–Kier alpha value is -1.55. The topological polar surface area (TPSA) is 59.6 Å². The molecule has 1 aromatic rings. The highest BCUT2D eigenvalue weighted by atomic mass is 16.5. The number of rotatable bonds is 4. The van der Waals surface area contributed by atoms with Crippen LogP contribution in [0.5, 0.6) is 0 Å². The minimum Gasteiger partial charge on any atom is -0.381 e. The molecule has 0 radical (unpaired) electrons. The van der Waals surface area contributed by atoms with Gasteiger partial charge in [0, 0.05) is 20.3 Å². The Bertz CT molecular complexity index is 399. The highest BCUT2D eigenvalue weighted by molar-refractivity contribution is 5.78. The van der Waals surface area contributed by atoms with E-state index in [0.29, 0.717) is 11.9 Å². The third kappa shape index (κ3) is 4.24. The first-order valence-corrected chi connectivity index (χ1v) is 6.91. The van der Waals surface area contributed by atoms with Gasteiger partial charge in [0.25, 0.3) is 0 Å². The Morgan fingerprint density at radius 1 is 1.37 bits per heavy atom. The van der Waals surface area contributed by atoms with E-state index >= 15 is 0 Å². The second-order valence-electron chi connectivity index (χ2n) is 5.01. The normalized spacial score (nSPS) is 19.1. The molecule has 0 bridgehead atoms. The Kier molecular flexibility index (Phi) is 5.21. The van der Waals surface area contributed by atoms with Gasteiger partial charge in [0.15, 0.2) is 5.96 Å². The molecular weight excluding hydrogens is 238 g/mol. The van der Waals surface area contributed by atoms with E-state index < -0.39 is 0 Å². The van der Waals surface area contributed by atoms with E-state index in [1.807, 2.05) is 6.07 Å². The molecule has 1 fully saturated rings. The summed E-state index contributed by atoms with van der Waals surface area (Å²) >= 11 is 0. The molecule has 1 saturated heterocycles. The molecule has 0 saturated carbocycles.